The minimum absolute atomic E-state index is 0.102. The van der Waals surface area contributed by atoms with Crippen molar-refractivity contribution in [3.63, 3.8) is 0 Å². The molecule has 0 aliphatic carbocycles. The molecule has 0 atom stereocenters. The largest absolute Gasteiger partial charge is 0.353 e. The van der Waals surface area contributed by atoms with Crippen molar-refractivity contribution in [3.8, 4) is 0 Å². The first-order valence-corrected chi connectivity index (χ1v) is 6.53. The molecule has 2 heterocycles. The SMILES string of the molecule is NS(=O)(=O)c1ccccn1.S=c1cccc[nH]1. The second-order valence-electron chi connectivity index (χ2n) is 2.94. The fourth-order valence-corrected chi connectivity index (χ4v) is 1.51. The van der Waals surface area contributed by atoms with E-state index < -0.39 is 10.0 Å². The Bertz CT molecular complexity index is 591. The van der Waals surface area contributed by atoms with Gasteiger partial charge in [0.05, 0.1) is 0 Å². The molecule has 0 aliphatic rings. The van der Waals surface area contributed by atoms with E-state index in [4.69, 9.17) is 17.4 Å². The van der Waals surface area contributed by atoms with E-state index in [1.165, 1.54) is 12.3 Å². The Kier molecular flexibility index (Phi) is 4.95. The van der Waals surface area contributed by atoms with Gasteiger partial charge < -0.3 is 4.98 Å². The van der Waals surface area contributed by atoms with Crippen molar-refractivity contribution in [1.29, 1.82) is 0 Å². The highest BCUT2D eigenvalue weighted by Gasteiger charge is 2.05. The van der Waals surface area contributed by atoms with Crippen LogP contribution in [0.25, 0.3) is 0 Å². The third kappa shape index (κ3) is 5.34. The van der Waals surface area contributed by atoms with Crippen molar-refractivity contribution in [3.05, 3.63) is 53.4 Å². The van der Waals surface area contributed by atoms with Crippen molar-refractivity contribution < 1.29 is 8.42 Å². The van der Waals surface area contributed by atoms with Crippen LogP contribution in [0.3, 0.4) is 0 Å². The Morgan fingerprint density at radius 1 is 1.18 bits per heavy atom. The maximum atomic E-state index is 10.5. The topological polar surface area (TPSA) is 88.8 Å². The van der Waals surface area contributed by atoms with E-state index in [2.05, 4.69) is 9.97 Å². The minimum atomic E-state index is -3.61. The van der Waals surface area contributed by atoms with Crippen molar-refractivity contribution >= 4 is 22.2 Å². The van der Waals surface area contributed by atoms with Gasteiger partial charge in [0.2, 0.25) is 0 Å². The minimum Gasteiger partial charge on any atom is -0.353 e. The molecule has 0 saturated heterocycles. The van der Waals surface area contributed by atoms with Crippen molar-refractivity contribution in [2.24, 2.45) is 5.14 Å². The Morgan fingerprint density at radius 3 is 2.18 bits per heavy atom. The summed E-state index contributed by atoms with van der Waals surface area (Å²) in [7, 11) is -3.61. The molecular weight excluding hydrogens is 258 g/mol. The van der Waals surface area contributed by atoms with Gasteiger partial charge >= 0.3 is 0 Å². The van der Waals surface area contributed by atoms with Gasteiger partial charge in [0.1, 0.15) is 4.64 Å². The van der Waals surface area contributed by atoms with E-state index in [9.17, 15) is 8.42 Å². The van der Waals surface area contributed by atoms with Gasteiger partial charge in [-0.25, -0.2) is 18.5 Å². The molecule has 0 spiro atoms. The highest BCUT2D eigenvalue weighted by atomic mass is 32.2. The Hall–Kier alpha value is -1.57. The lowest BCUT2D eigenvalue weighted by molar-refractivity contribution is 0.594. The molecule has 2 rings (SSSR count). The zero-order valence-electron chi connectivity index (χ0n) is 8.78. The summed E-state index contributed by atoms with van der Waals surface area (Å²) in [6, 6.07) is 10.2. The van der Waals surface area contributed by atoms with E-state index in [1.807, 2.05) is 24.4 Å². The summed E-state index contributed by atoms with van der Waals surface area (Å²) >= 11 is 4.76. The Balaban J connectivity index is 0.000000181. The molecule has 7 heteroatoms. The predicted molar refractivity (Wildman–Crippen MR) is 67.2 cm³/mol. The molecule has 2 aromatic rings. The highest BCUT2D eigenvalue weighted by molar-refractivity contribution is 7.89. The molecule has 90 valence electrons. The van der Waals surface area contributed by atoms with Gasteiger partial charge in [0, 0.05) is 12.4 Å². The van der Waals surface area contributed by atoms with Crippen LogP contribution in [0.15, 0.2) is 53.8 Å². The molecule has 0 bridgehead atoms. The van der Waals surface area contributed by atoms with Crippen LogP contribution in [-0.2, 0) is 10.0 Å². The lowest BCUT2D eigenvalue weighted by Crippen LogP contribution is -2.13. The summed E-state index contributed by atoms with van der Waals surface area (Å²) in [4.78, 5) is 6.38. The average Bonchev–Trinajstić information content (AvgIpc) is 2.31. The summed E-state index contributed by atoms with van der Waals surface area (Å²) in [5.74, 6) is 0. The number of nitrogens with zero attached hydrogens (tertiary/aromatic N) is 1. The summed E-state index contributed by atoms with van der Waals surface area (Å²) in [6.07, 6.45) is 3.18. The number of aromatic amines is 1. The average molecular weight is 269 g/mol. The van der Waals surface area contributed by atoms with Crippen LogP contribution in [-0.4, -0.2) is 18.4 Å². The number of nitrogens with one attached hydrogen (secondary N) is 1. The van der Waals surface area contributed by atoms with Gasteiger partial charge in [-0.1, -0.05) is 24.4 Å². The maximum absolute atomic E-state index is 10.5. The normalized spacial score (nSPS) is 10.2. The number of aromatic nitrogens is 2. The summed E-state index contributed by atoms with van der Waals surface area (Å²) in [6.45, 7) is 0. The zero-order valence-corrected chi connectivity index (χ0v) is 10.4. The second kappa shape index (κ2) is 6.24. The molecule has 0 radical (unpaired) electrons. The molecule has 0 aliphatic heterocycles. The van der Waals surface area contributed by atoms with E-state index in [0.717, 1.165) is 4.64 Å². The number of rotatable bonds is 1. The van der Waals surface area contributed by atoms with Crippen LogP contribution in [0.5, 0.6) is 0 Å². The number of nitrogens with two attached hydrogens (primary N) is 1. The lowest BCUT2D eigenvalue weighted by Gasteiger charge is -1.92. The van der Waals surface area contributed by atoms with Gasteiger partial charge in [-0.15, -0.1) is 0 Å². The van der Waals surface area contributed by atoms with E-state index in [1.54, 1.807) is 12.1 Å². The zero-order chi connectivity index (χ0) is 12.7. The molecule has 0 saturated carbocycles. The summed E-state index contributed by atoms with van der Waals surface area (Å²) in [5.41, 5.74) is 0. The first-order valence-electron chi connectivity index (χ1n) is 4.58. The number of hydrogen-bond acceptors (Lipinski definition) is 4. The summed E-state index contributed by atoms with van der Waals surface area (Å²) in [5, 5.41) is 4.66. The van der Waals surface area contributed by atoms with E-state index >= 15 is 0 Å². The number of hydrogen-bond donors (Lipinski definition) is 2. The van der Waals surface area contributed by atoms with Gasteiger partial charge in [0.25, 0.3) is 10.0 Å². The van der Waals surface area contributed by atoms with Crippen LogP contribution in [0.1, 0.15) is 0 Å². The highest BCUT2D eigenvalue weighted by Crippen LogP contribution is 1.98. The molecule has 0 aromatic carbocycles. The monoisotopic (exact) mass is 269 g/mol. The first kappa shape index (κ1) is 13.5. The van der Waals surface area contributed by atoms with Crippen LogP contribution in [0, 0.1) is 4.64 Å². The first-order chi connectivity index (χ1) is 8.00. The fourth-order valence-electron chi connectivity index (χ4n) is 0.892. The van der Waals surface area contributed by atoms with Crippen LogP contribution in [0.2, 0.25) is 0 Å². The van der Waals surface area contributed by atoms with Crippen molar-refractivity contribution in [1.82, 2.24) is 9.97 Å². The van der Waals surface area contributed by atoms with Crippen LogP contribution >= 0.6 is 12.2 Å². The van der Waals surface area contributed by atoms with E-state index in [-0.39, 0.29) is 5.03 Å². The van der Waals surface area contributed by atoms with Crippen LogP contribution in [0.4, 0.5) is 0 Å². The third-order valence-corrected chi connectivity index (χ3v) is 2.69. The van der Waals surface area contributed by atoms with Crippen molar-refractivity contribution in [2.75, 3.05) is 0 Å². The molecule has 0 unspecified atom stereocenters. The number of sulfonamides is 1. The lowest BCUT2D eigenvalue weighted by atomic mass is 10.5. The molecule has 5 nitrogen and oxygen atoms in total. The molecule has 0 fully saturated rings. The second-order valence-corrected chi connectivity index (χ2v) is 4.89. The van der Waals surface area contributed by atoms with Gasteiger partial charge in [-0.3, -0.25) is 0 Å². The summed E-state index contributed by atoms with van der Waals surface area (Å²) < 4.78 is 21.9. The Labute approximate surface area is 104 Å². The molecule has 2 aromatic heterocycles. The predicted octanol–water partition coefficient (Wildman–Crippen LogP) is 1.47. The molecule has 0 amide bonds. The molecule has 3 N–H and O–H groups in total. The maximum Gasteiger partial charge on any atom is 0.255 e. The van der Waals surface area contributed by atoms with Gasteiger partial charge in [-0.2, -0.15) is 0 Å². The van der Waals surface area contributed by atoms with E-state index in [0.29, 0.717) is 0 Å². The number of H-pyrrole nitrogens is 1. The van der Waals surface area contributed by atoms with Crippen LogP contribution < -0.4 is 5.14 Å². The third-order valence-electron chi connectivity index (χ3n) is 1.61. The smallest absolute Gasteiger partial charge is 0.255 e. The van der Waals surface area contributed by atoms with Gasteiger partial charge in [0.15, 0.2) is 5.03 Å². The van der Waals surface area contributed by atoms with Gasteiger partial charge in [-0.05, 0) is 24.3 Å². The molecule has 17 heavy (non-hydrogen) atoms. The number of pyridine rings is 2. The standard InChI is InChI=1S/C5H6N2O2S.C5H5NS/c6-10(8,9)5-3-1-2-4-7-5;7-5-3-1-2-4-6-5/h1-4H,(H2,6,8,9);1-4H,(H,6,7). The quantitative estimate of drug-likeness (QED) is 0.767. The van der Waals surface area contributed by atoms with Crippen molar-refractivity contribution in [2.45, 2.75) is 5.03 Å². The number of primary sulfonamides is 1. The molecular formula is C10H11N3O2S2. The Morgan fingerprint density at radius 2 is 1.88 bits per heavy atom. The fraction of sp³-hybridized carbons (Fsp3) is 0.